The van der Waals surface area contributed by atoms with Crippen molar-refractivity contribution in [3.63, 3.8) is 0 Å². The molecule has 1 aromatic carbocycles. The largest absolute Gasteiger partial charge is 0.486 e. The van der Waals surface area contributed by atoms with E-state index in [1.165, 1.54) is 6.92 Å². The van der Waals surface area contributed by atoms with E-state index in [1.807, 2.05) is 26.1 Å². The minimum absolute atomic E-state index is 0.0604. The molecule has 3 heterocycles. The van der Waals surface area contributed by atoms with E-state index in [1.54, 1.807) is 49.3 Å². The Labute approximate surface area is 228 Å². The van der Waals surface area contributed by atoms with Gasteiger partial charge in [0.1, 0.15) is 11.8 Å². The number of aromatic nitrogens is 2. The number of hydrogen-bond donors (Lipinski definition) is 2. The fourth-order valence-corrected chi connectivity index (χ4v) is 6.16. The summed E-state index contributed by atoms with van der Waals surface area (Å²) in [6, 6.07) is 8.21. The lowest BCUT2D eigenvalue weighted by atomic mass is 9.99. The van der Waals surface area contributed by atoms with Crippen LogP contribution in [0.2, 0.25) is 0 Å². The molecule has 4 rings (SSSR count). The average molecular weight is 558 g/mol. The number of carbonyl (C=O) groups excluding carboxylic acids is 1. The first kappa shape index (κ1) is 28.5. The SMILES string of the molecule is Cc1noc(C)c1S(=O)(=O)Nc1cccc2c1O[C@H](CN(C)Cc1ccncc1)[C@H](C)CN([C@H](C)CO)C2=O. The molecule has 0 aliphatic carbocycles. The molecule has 0 fully saturated rings. The summed E-state index contributed by atoms with van der Waals surface area (Å²) in [6.07, 6.45) is 3.08. The topological polar surface area (TPSA) is 138 Å². The standard InChI is InChI=1S/C27H35N5O6S/c1-17-13-32(18(2)16-33)27(34)22-7-6-8-23(30-39(35,36)26-19(3)29-38-20(26)4)25(22)37-24(17)15-31(5)14-21-9-11-28-12-10-21/h6-12,17-18,24,30,33H,13-16H2,1-5H3/t17-,18-,24-/m1/s1. The van der Waals surface area contributed by atoms with Crippen molar-refractivity contribution in [2.75, 3.05) is 31.5 Å². The van der Waals surface area contributed by atoms with Crippen molar-refractivity contribution in [2.24, 2.45) is 5.92 Å². The van der Waals surface area contributed by atoms with Crippen LogP contribution in [0, 0.1) is 19.8 Å². The summed E-state index contributed by atoms with van der Waals surface area (Å²) in [4.78, 5) is 21.4. The molecule has 2 N–H and O–H groups in total. The number of hydrogen-bond acceptors (Lipinski definition) is 9. The molecule has 1 aliphatic rings. The van der Waals surface area contributed by atoms with Crippen LogP contribution in [-0.4, -0.2) is 78.3 Å². The Hall–Kier alpha value is -3.48. The van der Waals surface area contributed by atoms with E-state index in [-0.39, 0.29) is 51.8 Å². The lowest BCUT2D eigenvalue weighted by Gasteiger charge is -2.38. The number of rotatable bonds is 9. The second-order valence-corrected chi connectivity index (χ2v) is 11.7. The van der Waals surface area contributed by atoms with E-state index in [2.05, 4.69) is 19.8 Å². The molecule has 3 atom stereocenters. The molecule has 1 aliphatic heterocycles. The summed E-state index contributed by atoms with van der Waals surface area (Å²) in [7, 11) is -2.13. The smallest absolute Gasteiger partial charge is 0.267 e. The van der Waals surface area contributed by atoms with Crippen LogP contribution in [0.4, 0.5) is 5.69 Å². The van der Waals surface area contributed by atoms with Gasteiger partial charge in [-0.05, 0) is 57.6 Å². The van der Waals surface area contributed by atoms with E-state index in [0.29, 0.717) is 19.6 Å². The maximum atomic E-state index is 13.7. The summed E-state index contributed by atoms with van der Waals surface area (Å²) in [6.45, 7) is 8.14. The maximum Gasteiger partial charge on any atom is 0.267 e. The Balaban J connectivity index is 1.73. The molecule has 12 heteroatoms. The second-order valence-electron chi connectivity index (χ2n) is 10.1. The molecule has 11 nitrogen and oxygen atoms in total. The van der Waals surface area contributed by atoms with Gasteiger partial charge in [-0.1, -0.05) is 18.1 Å². The molecule has 1 amide bonds. The maximum absolute atomic E-state index is 13.7. The third-order valence-electron chi connectivity index (χ3n) is 6.87. The number of fused-ring (bicyclic) bond motifs is 1. The summed E-state index contributed by atoms with van der Waals surface area (Å²) in [5, 5.41) is 13.7. The number of para-hydroxylation sites is 1. The van der Waals surface area contributed by atoms with Crippen molar-refractivity contribution >= 4 is 21.6 Å². The minimum atomic E-state index is -4.10. The molecule has 0 spiro atoms. The lowest BCUT2D eigenvalue weighted by Crippen LogP contribution is -2.49. The molecular weight excluding hydrogens is 522 g/mol. The van der Waals surface area contributed by atoms with Crippen LogP contribution in [0.3, 0.4) is 0 Å². The number of aliphatic hydroxyl groups excluding tert-OH is 1. The molecule has 0 saturated heterocycles. The predicted octanol–water partition coefficient (Wildman–Crippen LogP) is 2.84. The van der Waals surface area contributed by atoms with Gasteiger partial charge in [0.2, 0.25) is 0 Å². The Morgan fingerprint density at radius 1 is 1.23 bits per heavy atom. The highest BCUT2D eigenvalue weighted by Gasteiger charge is 2.35. The number of likely N-dealkylation sites (N-methyl/N-ethyl adjacent to an activating group) is 1. The first-order valence-electron chi connectivity index (χ1n) is 12.8. The molecule has 0 radical (unpaired) electrons. The molecular formula is C27H35N5O6S. The molecule has 39 heavy (non-hydrogen) atoms. The zero-order valence-electron chi connectivity index (χ0n) is 22.8. The van der Waals surface area contributed by atoms with Gasteiger partial charge in [-0.2, -0.15) is 0 Å². The summed E-state index contributed by atoms with van der Waals surface area (Å²) in [5.74, 6) is -0.187. The predicted molar refractivity (Wildman–Crippen MR) is 145 cm³/mol. The quantitative estimate of drug-likeness (QED) is 0.407. The van der Waals surface area contributed by atoms with Gasteiger partial charge in [-0.3, -0.25) is 19.4 Å². The van der Waals surface area contributed by atoms with Gasteiger partial charge in [-0.15, -0.1) is 0 Å². The van der Waals surface area contributed by atoms with E-state index in [9.17, 15) is 18.3 Å². The zero-order valence-corrected chi connectivity index (χ0v) is 23.6. The molecule has 0 bridgehead atoms. The van der Waals surface area contributed by atoms with Crippen LogP contribution in [0.25, 0.3) is 0 Å². The minimum Gasteiger partial charge on any atom is -0.486 e. The molecule has 210 valence electrons. The number of benzene rings is 1. The fourth-order valence-electron chi connectivity index (χ4n) is 4.77. The van der Waals surface area contributed by atoms with Crippen molar-refractivity contribution in [3.05, 3.63) is 65.3 Å². The van der Waals surface area contributed by atoms with Crippen molar-refractivity contribution in [1.29, 1.82) is 0 Å². The first-order valence-corrected chi connectivity index (χ1v) is 14.2. The Morgan fingerprint density at radius 3 is 2.59 bits per heavy atom. The van der Waals surface area contributed by atoms with Gasteiger partial charge >= 0.3 is 0 Å². The molecule has 0 saturated carbocycles. The van der Waals surface area contributed by atoms with Crippen molar-refractivity contribution < 1.29 is 27.6 Å². The summed E-state index contributed by atoms with van der Waals surface area (Å²) in [5.41, 5.74) is 1.66. The number of anilines is 1. The monoisotopic (exact) mass is 557 g/mol. The van der Waals surface area contributed by atoms with Crippen LogP contribution in [-0.2, 0) is 16.6 Å². The highest BCUT2D eigenvalue weighted by molar-refractivity contribution is 7.92. The van der Waals surface area contributed by atoms with Crippen LogP contribution in [0.15, 0.2) is 52.1 Å². The molecule has 2 aromatic heterocycles. The van der Waals surface area contributed by atoms with Crippen molar-refractivity contribution in [1.82, 2.24) is 19.9 Å². The van der Waals surface area contributed by atoms with Gasteiger partial charge in [0.15, 0.2) is 16.4 Å². The van der Waals surface area contributed by atoms with E-state index in [0.717, 1.165) is 5.56 Å². The second kappa shape index (κ2) is 11.7. The van der Waals surface area contributed by atoms with Crippen LogP contribution >= 0.6 is 0 Å². The zero-order chi connectivity index (χ0) is 28.3. The number of sulfonamides is 1. The Morgan fingerprint density at radius 2 is 1.95 bits per heavy atom. The summed E-state index contributed by atoms with van der Waals surface area (Å²) < 4.78 is 40.9. The van der Waals surface area contributed by atoms with Gasteiger partial charge in [0.05, 0.1) is 23.9 Å². The number of carbonyl (C=O) groups is 1. The van der Waals surface area contributed by atoms with Crippen LogP contribution in [0.1, 0.15) is 41.2 Å². The Bertz CT molecular complexity index is 1390. The number of aryl methyl sites for hydroxylation is 2. The van der Waals surface area contributed by atoms with Crippen molar-refractivity contribution in [3.8, 4) is 5.75 Å². The van der Waals surface area contributed by atoms with Crippen LogP contribution < -0.4 is 9.46 Å². The third-order valence-corrected chi connectivity index (χ3v) is 8.47. The van der Waals surface area contributed by atoms with Gasteiger partial charge in [0.25, 0.3) is 15.9 Å². The Kier molecular flexibility index (Phi) is 8.57. The summed E-state index contributed by atoms with van der Waals surface area (Å²) >= 11 is 0. The number of nitrogens with zero attached hydrogens (tertiary/aromatic N) is 4. The van der Waals surface area contributed by atoms with Gasteiger partial charge in [-0.25, -0.2) is 8.42 Å². The number of ether oxygens (including phenoxy) is 1. The van der Waals surface area contributed by atoms with Crippen molar-refractivity contribution in [2.45, 2.75) is 51.3 Å². The number of amides is 1. The van der Waals surface area contributed by atoms with E-state index >= 15 is 0 Å². The van der Waals surface area contributed by atoms with E-state index in [4.69, 9.17) is 9.26 Å². The molecule has 3 aromatic rings. The van der Waals surface area contributed by atoms with Crippen LogP contribution in [0.5, 0.6) is 5.75 Å². The lowest BCUT2D eigenvalue weighted by molar-refractivity contribution is 0.0344. The first-order chi connectivity index (χ1) is 18.5. The number of nitrogens with one attached hydrogen (secondary N) is 1. The molecule has 0 unspecified atom stereocenters. The number of aliphatic hydroxyl groups is 1. The van der Waals surface area contributed by atoms with E-state index < -0.39 is 22.2 Å². The average Bonchev–Trinajstić information content (AvgIpc) is 3.25. The fraction of sp³-hybridized carbons (Fsp3) is 0.444. The highest BCUT2D eigenvalue weighted by Crippen LogP contribution is 2.36. The van der Waals surface area contributed by atoms with Gasteiger partial charge < -0.3 is 19.3 Å². The number of pyridine rings is 1. The normalized spacial score (nSPS) is 18.7. The highest BCUT2D eigenvalue weighted by atomic mass is 32.2. The van der Waals surface area contributed by atoms with Gasteiger partial charge in [0, 0.05) is 37.9 Å². The third kappa shape index (κ3) is 6.23.